The fraction of sp³-hybridized carbons (Fsp3) is 0.202. The van der Waals surface area contributed by atoms with Crippen LogP contribution in [0.15, 0.2) is 200 Å². The smallest absolute Gasteiger partial charge is 0.335 e. The molecule has 0 amide bonds. The Morgan fingerprint density at radius 3 is 1.18 bits per heavy atom. The van der Waals surface area contributed by atoms with E-state index in [1.807, 2.05) is 19.9 Å². The van der Waals surface area contributed by atoms with E-state index in [4.69, 9.17) is 43.7 Å². The van der Waals surface area contributed by atoms with Crippen molar-refractivity contribution in [3.63, 3.8) is 0 Å². The normalized spacial score (nSPS) is 20.0. The largest absolute Gasteiger partial charge is 0.508 e. The highest BCUT2D eigenvalue weighted by atomic mass is 16.6. The second-order valence-corrected chi connectivity index (χ2v) is 28.0. The highest BCUT2D eigenvalue weighted by Gasteiger charge is 2.54. The molecule has 2 aliphatic carbocycles. The lowest BCUT2D eigenvalue weighted by Crippen LogP contribution is -2.58. The molecule has 658 valence electrons. The fourth-order valence-electron chi connectivity index (χ4n) is 11.8. The number of ether oxygens (including phenoxy) is 6. The van der Waals surface area contributed by atoms with Crippen LogP contribution in [0.1, 0.15) is 101 Å². The Hall–Kier alpha value is -15.6. The molecular weight excluding hydrogens is 1640 g/mol. The van der Waals surface area contributed by atoms with Crippen LogP contribution in [0.25, 0.3) is 36.5 Å². The van der Waals surface area contributed by atoms with Crippen LogP contribution in [0, 0.1) is 0 Å². The number of benzene rings is 8. The van der Waals surface area contributed by atoms with Gasteiger partial charge in [-0.3, -0.25) is 4.79 Å². The highest BCUT2D eigenvalue weighted by Crippen LogP contribution is 2.43. The number of Topliss-reactive ketones (excluding diaryl/α,β-unsaturated/α-hetero) is 1. The lowest BCUT2D eigenvalue weighted by Gasteiger charge is -2.40. The van der Waals surface area contributed by atoms with Gasteiger partial charge in [-0.1, -0.05) is 66.2 Å². The summed E-state index contributed by atoms with van der Waals surface area (Å²) in [5, 5.41) is 201. The number of fused-ring (bicyclic) bond motifs is 1. The molecule has 11 rings (SSSR count). The molecule has 36 nitrogen and oxygen atoms in total. The van der Waals surface area contributed by atoms with Crippen LogP contribution in [-0.4, -0.2) is 222 Å². The first-order valence-electron chi connectivity index (χ1n) is 37.0. The third-order valence-electron chi connectivity index (χ3n) is 18.3. The molecule has 2 saturated carbocycles. The zero-order valence-electron chi connectivity index (χ0n) is 66.1. The Balaban J connectivity index is 0.000000226. The summed E-state index contributed by atoms with van der Waals surface area (Å²) in [6.45, 7) is 3.98. The molecule has 125 heavy (non-hydrogen) atoms. The average molecular weight is 1730 g/mol. The highest BCUT2D eigenvalue weighted by molar-refractivity contribution is 6.05. The third-order valence-corrected chi connectivity index (χ3v) is 18.3. The third kappa shape index (κ3) is 28.8. The number of aromatic hydroxyl groups is 12. The molecule has 10 unspecified atom stereocenters. The molecule has 1 aliphatic heterocycles. The maximum atomic E-state index is 12.4. The molecule has 0 saturated heterocycles. The quantitative estimate of drug-likeness (QED) is 0.00996. The van der Waals surface area contributed by atoms with Gasteiger partial charge >= 0.3 is 47.8 Å². The van der Waals surface area contributed by atoms with Crippen LogP contribution in [0.3, 0.4) is 0 Å². The van der Waals surface area contributed by atoms with Crippen molar-refractivity contribution in [3.05, 3.63) is 250 Å². The summed E-state index contributed by atoms with van der Waals surface area (Å²) in [5.41, 5.74) is 0.263. The summed E-state index contributed by atoms with van der Waals surface area (Å²) >= 11 is 0. The van der Waals surface area contributed by atoms with E-state index in [-0.39, 0.29) is 51.6 Å². The van der Waals surface area contributed by atoms with Crippen molar-refractivity contribution in [2.75, 3.05) is 7.11 Å². The number of carboxylic acid groups (broad SMARTS) is 4. The monoisotopic (exact) mass is 1730 g/mol. The van der Waals surface area contributed by atoms with E-state index in [2.05, 4.69) is 0 Å². The van der Waals surface area contributed by atoms with E-state index in [9.17, 15) is 135 Å². The number of aliphatic hydroxyl groups is 5. The Bertz CT molecular complexity index is 5380. The van der Waals surface area contributed by atoms with Crippen LogP contribution in [-0.2, 0) is 63.7 Å². The number of esters is 4. The fourth-order valence-corrected chi connectivity index (χ4v) is 11.8. The van der Waals surface area contributed by atoms with Gasteiger partial charge in [-0.2, -0.15) is 0 Å². The van der Waals surface area contributed by atoms with Crippen LogP contribution in [0.2, 0.25) is 0 Å². The first-order valence-corrected chi connectivity index (χ1v) is 37.0. The Morgan fingerprint density at radius 1 is 0.408 bits per heavy atom. The van der Waals surface area contributed by atoms with Crippen molar-refractivity contribution in [2.45, 2.75) is 106 Å². The zero-order chi connectivity index (χ0) is 92.3. The van der Waals surface area contributed by atoms with Crippen molar-refractivity contribution in [2.24, 2.45) is 0 Å². The predicted molar refractivity (Wildman–Crippen MR) is 440 cm³/mol. The number of ketones is 1. The number of methoxy groups -OCH3 is 1. The minimum absolute atomic E-state index is 0.0358. The summed E-state index contributed by atoms with van der Waals surface area (Å²) in [5.74, 6) is -12.8. The molecule has 3 aliphatic rings. The minimum Gasteiger partial charge on any atom is -0.508 e. The van der Waals surface area contributed by atoms with Crippen LogP contribution in [0.4, 0.5) is 0 Å². The van der Waals surface area contributed by atoms with Crippen molar-refractivity contribution in [1.82, 2.24) is 0 Å². The maximum Gasteiger partial charge on any atom is 0.335 e. The molecule has 8 aromatic rings. The first kappa shape index (κ1) is 96.5. The summed E-state index contributed by atoms with van der Waals surface area (Å²) in [6.07, 6.45) is 1.66. The molecule has 8 aromatic carbocycles. The molecule has 0 radical (unpaired) electrons. The van der Waals surface area contributed by atoms with E-state index < -0.39 is 168 Å². The van der Waals surface area contributed by atoms with Gasteiger partial charge in [0.1, 0.15) is 64.5 Å². The van der Waals surface area contributed by atoms with Gasteiger partial charge in [-0.25, -0.2) is 38.4 Å². The Kier molecular flexibility index (Phi) is 34.0. The second-order valence-electron chi connectivity index (χ2n) is 28.0. The summed E-state index contributed by atoms with van der Waals surface area (Å²) in [6, 6.07) is 35.3. The molecule has 0 bridgehead atoms. The van der Waals surface area contributed by atoms with Gasteiger partial charge in [-0.05, 0) is 186 Å². The molecule has 36 heteroatoms. The number of phenolic OH excluding ortho intramolecular Hbond substituents is 12. The second kappa shape index (κ2) is 44.1. The number of carbonyl (C=O) groups is 9. The van der Waals surface area contributed by atoms with Crippen LogP contribution < -0.4 is 9.47 Å². The lowest BCUT2D eigenvalue weighted by atomic mass is 9.79. The number of allylic oxidation sites excluding steroid dienone is 2. The molecule has 0 aromatic heterocycles. The molecule has 0 spiro atoms. The SMILES string of the molecule is CC(C)=CCc1cc(/C=C\C(=O)O)ccc1O.COc1ccc(C2Oc3cc(O)cc(O)c3C(=O)C2O)cc1.O=C(C=Cc1ccc(O)c(O)c1)OC1CC(O)(C(=O)O)CC(O)C1OC(=O)/C=C\c1ccc(O)c(O)c1.O=C(C=Cc1ccc(O)c(O)c1)OC1CC(O)(C(=O)O)CC(OC(=O)/C=C\c2ccc(O)c(O)c2)C1O.O=C(O)/C=C\c1ccc(O)cc1. The van der Waals surface area contributed by atoms with Crippen molar-refractivity contribution in [3.8, 4) is 80.5 Å². The van der Waals surface area contributed by atoms with Crippen LogP contribution >= 0.6 is 0 Å². The number of carbonyl (C=O) groups excluding carboxylic acids is 5. The lowest BCUT2D eigenvalue weighted by molar-refractivity contribution is -0.204. The average Bonchev–Trinajstić information content (AvgIpc) is 0.781. The topological polar surface area (TPSA) is 634 Å². The standard InChI is InChI=1S/2C25H24O12.C16H14O6.C14H16O3.C9H8O3/c26-15-5-1-13(9-17(15)28)3-7-21(30)36-19-11-25(35,24(33)34)12-20(23(19)32)37-22(31)8-4-14-2-6-16(27)18(29)10-14;26-15-5-1-13(9-17(15)28)3-7-21(31)36-20-12-25(35,24(33)34)11-19(30)23(20)37-22(32)8-4-14-2-6-16(27)18(29)10-14;1-21-10-4-2-8(3-5-10)16-15(20)14(19)13-11(18)6-9(17)7-12(13)22-16;1-10(2)3-6-12-9-11(4-7-13(12)15)5-8-14(16)17;10-8-4-1-7(2-5-8)3-6-9(11)12/h1-10,19-20,23,26-29,32,35H,11-12H2,(H,33,34);1-10,19-20,23,26-30,35H,11-12H2,(H,33,34);2-7,15-18,20H,1H3;3-5,7-9,15H,6H2,1-2H3,(H,16,17);1-6,10H,(H,11,12)/b7-3-,8-4?;7-3?,8-4-;;8-5-;6-3-. The van der Waals surface area contributed by atoms with E-state index in [1.165, 1.54) is 134 Å². The van der Waals surface area contributed by atoms with E-state index in [0.29, 0.717) is 40.0 Å². The van der Waals surface area contributed by atoms with Gasteiger partial charge in [0.05, 0.1) is 13.2 Å². The van der Waals surface area contributed by atoms with Gasteiger partial charge < -0.3 is 136 Å². The molecule has 2 fully saturated rings. The number of hydrogen-bond acceptors (Lipinski definition) is 32. The van der Waals surface area contributed by atoms with E-state index >= 15 is 0 Å². The number of aliphatic hydroxyl groups excluding tert-OH is 3. The predicted octanol–water partition coefficient (Wildman–Crippen LogP) is 8.33. The minimum atomic E-state index is -2.48. The van der Waals surface area contributed by atoms with Crippen LogP contribution in [0.5, 0.6) is 80.5 Å². The number of aliphatic carboxylic acids is 4. The number of phenols is 12. The van der Waals surface area contributed by atoms with Gasteiger partial charge in [0, 0.05) is 74.3 Å². The summed E-state index contributed by atoms with van der Waals surface area (Å²) in [4.78, 5) is 105. The van der Waals surface area contributed by atoms with Crippen molar-refractivity contribution in [1.29, 1.82) is 0 Å². The zero-order valence-corrected chi connectivity index (χ0v) is 66.1. The van der Waals surface area contributed by atoms with Gasteiger partial charge in [0.15, 0.2) is 75.5 Å². The molecule has 21 N–H and O–H groups in total. The van der Waals surface area contributed by atoms with Crippen molar-refractivity contribution >= 4 is 90.0 Å². The molecule has 1 heterocycles. The summed E-state index contributed by atoms with van der Waals surface area (Å²) in [7, 11) is 1.53. The van der Waals surface area contributed by atoms with Crippen molar-refractivity contribution < 1.29 is 179 Å². The summed E-state index contributed by atoms with van der Waals surface area (Å²) < 4.78 is 31.3. The van der Waals surface area contributed by atoms with E-state index in [0.717, 1.165) is 65.3 Å². The van der Waals surface area contributed by atoms with Gasteiger partial charge in [-0.15, -0.1) is 0 Å². The molecule has 10 atom stereocenters. The Morgan fingerprint density at radius 2 is 0.776 bits per heavy atom. The Labute approximate surface area is 709 Å². The van der Waals surface area contributed by atoms with Gasteiger partial charge in [0.25, 0.3) is 0 Å². The van der Waals surface area contributed by atoms with E-state index in [1.54, 1.807) is 54.6 Å². The first-order chi connectivity index (χ1) is 58.9. The van der Waals surface area contributed by atoms with Gasteiger partial charge in [0.2, 0.25) is 5.78 Å². The number of rotatable bonds is 22. The number of hydrogen-bond donors (Lipinski definition) is 21. The number of carboxylic acids is 4. The molecular formula is C89H86O36. The maximum absolute atomic E-state index is 12.4.